The summed E-state index contributed by atoms with van der Waals surface area (Å²) in [4.78, 5) is 11.0. The Morgan fingerprint density at radius 2 is 1.90 bits per heavy atom. The highest BCUT2D eigenvalue weighted by molar-refractivity contribution is 5.86. The molecular weight excluding hydrogens is 287 g/mol. The molecule has 0 unspecified atom stereocenters. The summed E-state index contributed by atoms with van der Waals surface area (Å²) in [6.07, 6.45) is -3.97. The minimum atomic E-state index is -4.38. The molecule has 0 atom stereocenters. The number of alkyl halides is 3. The second-order valence-electron chi connectivity index (χ2n) is 4.40. The van der Waals surface area contributed by atoms with Gasteiger partial charge in [0.2, 0.25) is 0 Å². The number of aromatic nitrogens is 3. The van der Waals surface area contributed by atoms with Gasteiger partial charge in [-0.2, -0.15) is 13.2 Å². The average molecular weight is 299 g/mol. The number of benzene rings is 1. The van der Waals surface area contributed by atoms with Crippen molar-refractivity contribution in [3.63, 3.8) is 0 Å². The molecular formula is C13H12F3N3O2. The van der Waals surface area contributed by atoms with Crippen molar-refractivity contribution < 1.29 is 23.1 Å². The number of carbonyl (C=O) groups is 1. The first kappa shape index (κ1) is 15.0. The van der Waals surface area contributed by atoms with E-state index in [0.29, 0.717) is 17.7 Å². The molecule has 112 valence electrons. The van der Waals surface area contributed by atoms with Gasteiger partial charge in [0.1, 0.15) is 0 Å². The maximum absolute atomic E-state index is 12.5. The number of hydrogen-bond acceptors (Lipinski definition) is 3. The zero-order valence-corrected chi connectivity index (χ0v) is 11.1. The van der Waals surface area contributed by atoms with Crippen LogP contribution in [-0.2, 0) is 19.1 Å². The molecule has 1 heterocycles. The van der Waals surface area contributed by atoms with Gasteiger partial charge in [-0.1, -0.05) is 24.3 Å². The number of hydrogen-bond donors (Lipinski definition) is 1. The highest BCUT2D eigenvalue weighted by Crippen LogP contribution is 2.29. The quantitative estimate of drug-likeness (QED) is 0.942. The Labute approximate surface area is 118 Å². The molecule has 0 saturated heterocycles. The second kappa shape index (κ2) is 5.55. The van der Waals surface area contributed by atoms with Crippen molar-refractivity contribution in [3.05, 3.63) is 46.8 Å². The van der Waals surface area contributed by atoms with E-state index in [2.05, 4.69) is 10.3 Å². The van der Waals surface area contributed by atoms with Gasteiger partial charge < -0.3 is 5.11 Å². The largest absolute Gasteiger partial charge is 0.476 e. The number of carboxylic acids is 1. The van der Waals surface area contributed by atoms with E-state index in [0.717, 1.165) is 12.1 Å². The monoisotopic (exact) mass is 299 g/mol. The van der Waals surface area contributed by atoms with Gasteiger partial charge in [-0.3, -0.25) is 0 Å². The summed E-state index contributed by atoms with van der Waals surface area (Å²) in [6, 6.07) is 4.64. The molecule has 1 aromatic carbocycles. The van der Waals surface area contributed by atoms with Gasteiger partial charge in [-0.15, -0.1) is 5.10 Å². The topological polar surface area (TPSA) is 68.0 Å². The van der Waals surface area contributed by atoms with Crippen LogP contribution in [0.1, 0.15) is 34.2 Å². The van der Waals surface area contributed by atoms with E-state index in [1.54, 1.807) is 6.92 Å². The highest BCUT2D eigenvalue weighted by atomic mass is 19.4. The van der Waals surface area contributed by atoms with Crippen LogP contribution in [0, 0.1) is 0 Å². The van der Waals surface area contributed by atoms with Crippen molar-refractivity contribution in [2.75, 3.05) is 0 Å². The summed E-state index contributed by atoms with van der Waals surface area (Å²) in [7, 11) is 0. The lowest BCUT2D eigenvalue weighted by molar-refractivity contribution is -0.137. The molecule has 2 rings (SSSR count). The van der Waals surface area contributed by atoms with Crippen LogP contribution in [0.3, 0.4) is 0 Å². The zero-order chi connectivity index (χ0) is 15.6. The van der Waals surface area contributed by atoms with Crippen LogP contribution in [0.4, 0.5) is 13.2 Å². The van der Waals surface area contributed by atoms with Crippen molar-refractivity contribution in [2.24, 2.45) is 0 Å². The third-order valence-corrected chi connectivity index (χ3v) is 2.99. The molecule has 21 heavy (non-hydrogen) atoms. The van der Waals surface area contributed by atoms with Crippen LogP contribution in [0.15, 0.2) is 24.3 Å². The molecule has 0 spiro atoms. The van der Waals surface area contributed by atoms with Gasteiger partial charge in [0.05, 0.1) is 17.8 Å². The maximum Gasteiger partial charge on any atom is 0.416 e. The van der Waals surface area contributed by atoms with Gasteiger partial charge >= 0.3 is 12.1 Å². The Balaban J connectivity index is 2.25. The lowest BCUT2D eigenvalue weighted by atomic mass is 10.1. The molecule has 0 bridgehead atoms. The Morgan fingerprint density at radius 1 is 1.29 bits per heavy atom. The van der Waals surface area contributed by atoms with Gasteiger partial charge in [0.25, 0.3) is 0 Å². The van der Waals surface area contributed by atoms with Gasteiger partial charge in [0.15, 0.2) is 5.69 Å². The lowest BCUT2D eigenvalue weighted by Crippen LogP contribution is -2.09. The fourth-order valence-electron chi connectivity index (χ4n) is 1.95. The van der Waals surface area contributed by atoms with Gasteiger partial charge in [0, 0.05) is 0 Å². The van der Waals surface area contributed by atoms with Crippen LogP contribution < -0.4 is 0 Å². The van der Waals surface area contributed by atoms with Crippen molar-refractivity contribution >= 4 is 5.97 Å². The number of nitrogens with zero attached hydrogens (tertiary/aromatic N) is 3. The SMILES string of the molecule is CCc1c(C(=O)O)nnn1Cc1ccc(C(F)(F)F)cc1. The molecule has 0 radical (unpaired) electrons. The summed E-state index contributed by atoms with van der Waals surface area (Å²) in [5, 5.41) is 16.3. The van der Waals surface area contributed by atoms with Crippen molar-refractivity contribution in [2.45, 2.75) is 26.1 Å². The third-order valence-electron chi connectivity index (χ3n) is 2.99. The normalized spacial score (nSPS) is 11.6. The molecule has 2 aromatic rings. The number of aromatic carboxylic acids is 1. The third kappa shape index (κ3) is 3.21. The predicted molar refractivity (Wildman–Crippen MR) is 66.9 cm³/mol. The molecule has 1 N–H and O–H groups in total. The van der Waals surface area contributed by atoms with E-state index in [1.807, 2.05) is 0 Å². The highest BCUT2D eigenvalue weighted by Gasteiger charge is 2.30. The summed E-state index contributed by atoms with van der Waals surface area (Å²) >= 11 is 0. The van der Waals surface area contributed by atoms with E-state index in [4.69, 9.17) is 5.11 Å². The summed E-state index contributed by atoms with van der Waals surface area (Å²) < 4.78 is 38.8. The first-order valence-electron chi connectivity index (χ1n) is 6.14. The average Bonchev–Trinajstić information content (AvgIpc) is 2.81. The Morgan fingerprint density at radius 3 is 2.38 bits per heavy atom. The molecule has 5 nitrogen and oxygen atoms in total. The molecule has 0 aliphatic rings. The second-order valence-corrected chi connectivity index (χ2v) is 4.40. The van der Waals surface area contributed by atoms with Crippen molar-refractivity contribution in [3.8, 4) is 0 Å². The molecule has 1 aromatic heterocycles. The van der Waals surface area contributed by atoms with Crippen LogP contribution in [0.2, 0.25) is 0 Å². The molecule has 0 saturated carbocycles. The van der Waals surface area contributed by atoms with E-state index in [-0.39, 0.29) is 12.2 Å². The van der Waals surface area contributed by atoms with E-state index in [9.17, 15) is 18.0 Å². The first-order chi connectivity index (χ1) is 9.82. The molecule has 8 heteroatoms. The van der Waals surface area contributed by atoms with Crippen LogP contribution in [0.25, 0.3) is 0 Å². The lowest BCUT2D eigenvalue weighted by Gasteiger charge is -2.08. The Bertz CT molecular complexity index is 648. The van der Waals surface area contributed by atoms with Crippen molar-refractivity contribution in [1.82, 2.24) is 15.0 Å². The fourth-order valence-corrected chi connectivity index (χ4v) is 1.95. The van der Waals surface area contributed by atoms with Gasteiger partial charge in [-0.05, 0) is 24.1 Å². The predicted octanol–water partition coefficient (Wildman–Crippen LogP) is 2.61. The number of carboxylic acid groups (broad SMARTS) is 1. The Hall–Kier alpha value is -2.38. The van der Waals surface area contributed by atoms with E-state index in [1.165, 1.54) is 16.8 Å². The summed E-state index contributed by atoms with van der Waals surface area (Å²) in [6.45, 7) is 1.93. The number of halogens is 3. The molecule has 0 amide bonds. The van der Waals surface area contributed by atoms with Crippen LogP contribution in [0.5, 0.6) is 0 Å². The first-order valence-corrected chi connectivity index (χ1v) is 6.14. The molecule has 0 aliphatic carbocycles. The maximum atomic E-state index is 12.5. The standard InChI is InChI=1S/C13H12F3N3O2/c1-2-10-11(12(20)21)17-18-19(10)7-8-3-5-9(6-4-8)13(14,15)16/h3-6H,2,7H2,1H3,(H,20,21). The van der Waals surface area contributed by atoms with E-state index < -0.39 is 17.7 Å². The molecule has 0 aliphatic heterocycles. The summed E-state index contributed by atoms with van der Waals surface area (Å²) in [5.41, 5.74) is 0.151. The molecule has 0 fully saturated rings. The summed E-state index contributed by atoms with van der Waals surface area (Å²) in [5.74, 6) is -1.18. The minimum absolute atomic E-state index is 0.135. The van der Waals surface area contributed by atoms with Gasteiger partial charge in [-0.25, -0.2) is 9.48 Å². The van der Waals surface area contributed by atoms with Crippen LogP contribution >= 0.6 is 0 Å². The number of rotatable bonds is 4. The van der Waals surface area contributed by atoms with E-state index >= 15 is 0 Å². The zero-order valence-electron chi connectivity index (χ0n) is 11.1. The van der Waals surface area contributed by atoms with Crippen LogP contribution in [-0.4, -0.2) is 26.1 Å². The smallest absolute Gasteiger partial charge is 0.416 e. The fraction of sp³-hybridized carbons (Fsp3) is 0.308. The minimum Gasteiger partial charge on any atom is -0.476 e. The Kier molecular flexibility index (Phi) is 3.97. The van der Waals surface area contributed by atoms with Crippen molar-refractivity contribution in [1.29, 1.82) is 0 Å².